The van der Waals surface area contributed by atoms with E-state index < -0.39 is 0 Å². The first-order chi connectivity index (χ1) is 8.72. The van der Waals surface area contributed by atoms with Crippen molar-refractivity contribution in [2.75, 3.05) is 19.7 Å². The van der Waals surface area contributed by atoms with Crippen molar-refractivity contribution in [1.29, 1.82) is 0 Å². The van der Waals surface area contributed by atoms with Gasteiger partial charge in [0, 0.05) is 5.54 Å². The van der Waals surface area contributed by atoms with Crippen molar-refractivity contribution in [3.05, 3.63) is 11.8 Å². The lowest BCUT2D eigenvalue weighted by Crippen LogP contribution is -2.61. The van der Waals surface area contributed by atoms with E-state index in [2.05, 4.69) is 30.2 Å². The third-order valence-corrected chi connectivity index (χ3v) is 4.58. The monoisotopic (exact) mass is 253 g/mol. The molecule has 0 aromatic rings. The molecule has 1 fully saturated rings. The maximum Gasteiger partial charge on any atom is 0.112 e. The minimum absolute atomic E-state index is 0.0500. The van der Waals surface area contributed by atoms with Gasteiger partial charge >= 0.3 is 0 Å². The smallest absolute Gasteiger partial charge is 0.112 e. The molecule has 0 saturated carbocycles. The maximum absolute atomic E-state index is 5.84. The van der Waals surface area contributed by atoms with E-state index in [1.807, 2.05) is 0 Å². The van der Waals surface area contributed by atoms with Gasteiger partial charge in [-0.2, -0.15) is 0 Å². The highest BCUT2D eigenvalue weighted by Gasteiger charge is 2.41. The molecule has 0 aromatic carbocycles. The Morgan fingerprint density at radius 1 is 1.44 bits per heavy atom. The van der Waals surface area contributed by atoms with Crippen molar-refractivity contribution < 1.29 is 4.74 Å². The van der Waals surface area contributed by atoms with Crippen molar-refractivity contribution >= 4 is 0 Å². The van der Waals surface area contributed by atoms with Crippen LogP contribution in [-0.4, -0.2) is 36.2 Å². The van der Waals surface area contributed by atoms with Crippen molar-refractivity contribution in [3.8, 4) is 0 Å². The second-order valence-electron chi connectivity index (χ2n) is 5.60. The van der Waals surface area contributed by atoms with Crippen LogP contribution in [0.25, 0.3) is 0 Å². The number of hydrogen-bond acceptors (Lipinski definition) is 4. The predicted octanol–water partition coefficient (Wildman–Crippen LogP) is 1.78. The molecule has 2 atom stereocenters. The van der Waals surface area contributed by atoms with Gasteiger partial charge in [-0.3, -0.25) is 10.7 Å². The van der Waals surface area contributed by atoms with Crippen LogP contribution in [0.5, 0.6) is 0 Å². The molecular formula is C14H27N3O. The Hall–Kier alpha value is -0.580. The lowest BCUT2D eigenvalue weighted by molar-refractivity contribution is 0.0587. The number of hydrazine groups is 1. The summed E-state index contributed by atoms with van der Waals surface area (Å²) in [5, 5.41) is 0. The Kier molecular flexibility index (Phi) is 4.65. The van der Waals surface area contributed by atoms with E-state index in [9.17, 15) is 0 Å². The zero-order valence-corrected chi connectivity index (χ0v) is 11.7. The maximum atomic E-state index is 5.84. The lowest BCUT2D eigenvalue weighted by atomic mass is 9.85. The van der Waals surface area contributed by atoms with E-state index in [4.69, 9.17) is 10.6 Å². The van der Waals surface area contributed by atoms with Gasteiger partial charge in [0.05, 0.1) is 12.6 Å². The Morgan fingerprint density at radius 2 is 2.17 bits per heavy atom. The third-order valence-electron chi connectivity index (χ3n) is 4.58. The lowest BCUT2D eigenvalue weighted by Gasteiger charge is -2.45. The average molecular weight is 253 g/mol. The zero-order chi connectivity index (χ0) is 13.0. The average Bonchev–Trinajstić information content (AvgIpc) is 2.95. The quantitative estimate of drug-likeness (QED) is 0.579. The van der Waals surface area contributed by atoms with Crippen LogP contribution in [0.2, 0.25) is 0 Å². The van der Waals surface area contributed by atoms with Gasteiger partial charge in [-0.15, -0.1) is 0 Å². The molecule has 2 unspecified atom stereocenters. The molecule has 2 rings (SSSR count). The molecule has 3 N–H and O–H groups in total. The number of nitrogens with two attached hydrogens (primary N) is 1. The first kappa shape index (κ1) is 13.8. The molecule has 0 bridgehead atoms. The summed E-state index contributed by atoms with van der Waals surface area (Å²) in [6, 6.07) is 0.0981. The number of likely N-dealkylation sites (tertiary alicyclic amines) is 1. The number of allylic oxidation sites excluding steroid dienone is 1. The van der Waals surface area contributed by atoms with Gasteiger partial charge in [-0.05, 0) is 58.2 Å². The molecule has 2 aliphatic rings. The van der Waals surface area contributed by atoms with Crippen molar-refractivity contribution in [1.82, 2.24) is 10.3 Å². The van der Waals surface area contributed by atoms with E-state index in [0.29, 0.717) is 0 Å². The first-order valence-corrected chi connectivity index (χ1v) is 7.26. The van der Waals surface area contributed by atoms with Crippen LogP contribution in [0.4, 0.5) is 0 Å². The van der Waals surface area contributed by atoms with Crippen molar-refractivity contribution in [3.63, 3.8) is 0 Å². The second kappa shape index (κ2) is 6.04. The Balaban J connectivity index is 2.18. The molecule has 1 saturated heterocycles. The minimum atomic E-state index is 0.0500. The molecule has 0 amide bonds. The highest BCUT2D eigenvalue weighted by Crippen LogP contribution is 2.32. The van der Waals surface area contributed by atoms with Crippen molar-refractivity contribution in [2.45, 2.75) is 57.5 Å². The highest BCUT2D eigenvalue weighted by molar-refractivity contribution is 5.15. The molecule has 18 heavy (non-hydrogen) atoms. The van der Waals surface area contributed by atoms with Crippen LogP contribution in [0.15, 0.2) is 11.8 Å². The van der Waals surface area contributed by atoms with E-state index in [0.717, 1.165) is 31.6 Å². The van der Waals surface area contributed by atoms with Gasteiger partial charge in [-0.25, -0.2) is 5.43 Å². The fourth-order valence-electron chi connectivity index (χ4n) is 3.18. The highest BCUT2D eigenvalue weighted by atomic mass is 16.5. The van der Waals surface area contributed by atoms with Crippen LogP contribution in [0.1, 0.15) is 46.0 Å². The molecule has 2 aliphatic heterocycles. The summed E-state index contributed by atoms with van der Waals surface area (Å²) < 4.78 is 5.83. The second-order valence-corrected chi connectivity index (χ2v) is 5.60. The SMILES string of the molecule is CCC(C)(C(NN)C1=CCCCO1)N1CCCC1. The standard InChI is InChI=1S/C14H27N3O/c1-3-14(2,17-9-5-6-10-17)13(16-15)12-8-4-7-11-18-12/h8,13,16H,3-7,9-11,15H2,1-2H3. The number of nitrogens with one attached hydrogen (secondary N) is 1. The van der Waals surface area contributed by atoms with Crippen LogP contribution < -0.4 is 11.3 Å². The fraction of sp³-hybridized carbons (Fsp3) is 0.857. The van der Waals surface area contributed by atoms with Gasteiger partial charge in [0.25, 0.3) is 0 Å². The Morgan fingerprint density at radius 3 is 2.67 bits per heavy atom. The van der Waals surface area contributed by atoms with E-state index in [1.165, 1.54) is 25.9 Å². The van der Waals surface area contributed by atoms with Gasteiger partial charge < -0.3 is 4.74 Å². The summed E-state index contributed by atoms with van der Waals surface area (Å²) in [5.74, 6) is 6.88. The van der Waals surface area contributed by atoms with Gasteiger partial charge in [0.15, 0.2) is 0 Å². The summed E-state index contributed by atoms with van der Waals surface area (Å²) in [4.78, 5) is 2.57. The molecule has 104 valence electrons. The Labute approximate surface area is 111 Å². The third kappa shape index (κ3) is 2.56. The van der Waals surface area contributed by atoms with Crippen LogP contribution in [-0.2, 0) is 4.74 Å². The number of nitrogens with zero attached hydrogens (tertiary/aromatic N) is 1. The number of rotatable bonds is 5. The minimum Gasteiger partial charge on any atom is -0.496 e. The molecule has 2 heterocycles. The van der Waals surface area contributed by atoms with Gasteiger partial charge in [0.1, 0.15) is 5.76 Å². The zero-order valence-electron chi connectivity index (χ0n) is 11.7. The van der Waals surface area contributed by atoms with Gasteiger partial charge in [0.2, 0.25) is 0 Å². The van der Waals surface area contributed by atoms with Crippen LogP contribution in [0.3, 0.4) is 0 Å². The predicted molar refractivity (Wildman–Crippen MR) is 73.9 cm³/mol. The summed E-state index contributed by atoms with van der Waals surface area (Å²) in [6.45, 7) is 7.73. The largest absolute Gasteiger partial charge is 0.496 e. The Bertz CT molecular complexity index is 299. The molecule has 4 nitrogen and oxygen atoms in total. The first-order valence-electron chi connectivity index (χ1n) is 7.26. The topological polar surface area (TPSA) is 50.5 Å². The summed E-state index contributed by atoms with van der Waals surface area (Å²) >= 11 is 0. The van der Waals surface area contributed by atoms with Gasteiger partial charge in [-0.1, -0.05) is 6.92 Å². The number of hydrogen-bond donors (Lipinski definition) is 2. The molecule has 4 heteroatoms. The van der Waals surface area contributed by atoms with Crippen LogP contribution in [0, 0.1) is 0 Å². The molecule has 0 aliphatic carbocycles. The molecule has 0 aromatic heterocycles. The van der Waals surface area contributed by atoms with Crippen molar-refractivity contribution in [2.24, 2.45) is 5.84 Å². The number of ether oxygens (including phenoxy) is 1. The summed E-state index contributed by atoms with van der Waals surface area (Å²) in [5.41, 5.74) is 3.06. The van der Waals surface area contributed by atoms with E-state index >= 15 is 0 Å². The van der Waals surface area contributed by atoms with E-state index in [-0.39, 0.29) is 11.6 Å². The fourth-order valence-corrected chi connectivity index (χ4v) is 3.18. The van der Waals surface area contributed by atoms with Crippen LogP contribution >= 0.6 is 0 Å². The molecule has 0 radical (unpaired) electrons. The molecular weight excluding hydrogens is 226 g/mol. The molecule has 0 spiro atoms. The summed E-state index contributed by atoms with van der Waals surface area (Å²) in [6.07, 6.45) is 8.10. The normalized spacial score (nSPS) is 26.3. The van der Waals surface area contributed by atoms with E-state index in [1.54, 1.807) is 0 Å². The summed E-state index contributed by atoms with van der Waals surface area (Å²) in [7, 11) is 0.